The number of nitrogens with zero attached hydrogens (tertiary/aromatic N) is 1. The van der Waals surface area contributed by atoms with Crippen LogP contribution in [0.2, 0.25) is 0 Å². The maximum absolute atomic E-state index is 11.8. The number of rotatable bonds is 3. The first-order valence-corrected chi connectivity index (χ1v) is 6.18. The summed E-state index contributed by atoms with van der Waals surface area (Å²) in [5.74, 6) is -1.50. The molecule has 1 aromatic rings. The third-order valence-electron chi connectivity index (χ3n) is 2.83. The Balaban J connectivity index is 2.53. The van der Waals surface area contributed by atoms with E-state index in [-0.39, 0.29) is 5.69 Å². The third kappa shape index (κ3) is 2.30. The van der Waals surface area contributed by atoms with Gasteiger partial charge in [-0.2, -0.15) is 0 Å². The highest BCUT2D eigenvalue weighted by atomic mass is 79.9. The maximum atomic E-state index is 11.8. The molecule has 0 saturated carbocycles. The van der Waals surface area contributed by atoms with Crippen molar-refractivity contribution in [3.05, 3.63) is 33.9 Å². The first-order chi connectivity index (χ1) is 8.95. The zero-order valence-corrected chi connectivity index (χ0v) is 11.3. The first-order valence-electron chi connectivity index (χ1n) is 5.26. The van der Waals surface area contributed by atoms with Crippen LogP contribution in [0.25, 0.3) is 0 Å². The van der Waals surface area contributed by atoms with E-state index in [1.165, 1.54) is 25.3 Å². The van der Waals surface area contributed by atoms with Gasteiger partial charge in [0.2, 0.25) is 11.8 Å². The summed E-state index contributed by atoms with van der Waals surface area (Å²) < 4.78 is 5.09. The van der Waals surface area contributed by atoms with Crippen molar-refractivity contribution in [1.82, 2.24) is 5.32 Å². The lowest BCUT2D eigenvalue weighted by Gasteiger charge is -2.14. The lowest BCUT2D eigenvalue weighted by Crippen LogP contribution is -2.22. The fourth-order valence-electron chi connectivity index (χ4n) is 1.93. The van der Waals surface area contributed by atoms with Crippen molar-refractivity contribution in [3.8, 4) is 5.75 Å². The number of benzene rings is 1. The number of hydrogen-bond acceptors (Lipinski definition) is 5. The van der Waals surface area contributed by atoms with Crippen molar-refractivity contribution in [2.45, 2.75) is 10.7 Å². The molecule has 100 valence electrons. The molecule has 1 fully saturated rings. The predicted octanol–water partition coefficient (Wildman–Crippen LogP) is 1.11. The number of carbonyl (C=O) groups is 2. The molecule has 1 aromatic carbocycles. The molecule has 1 heterocycles. The van der Waals surface area contributed by atoms with Gasteiger partial charge in [-0.3, -0.25) is 25.0 Å². The predicted molar refractivity (Wildman–Crippen MR) is 68.3 cm³/mol. The number of nitrogens with one attached hydrogen (secondary N) is 1. The van der Waals surface area contributed by atoms with Crippen LogP contribution in [0, 0.1) is 10.1 Å². The van der Waals surface area contributed by atoms with Crippen molar-refractivity contribution >= 4 is 33.4 Å². The molecule has 19 heavy (non-hydrogen) atoms. The first kappa shape index (κ1) is 13.5. The Morgan fingerprint density at radius 1 is 1.37 bits per heavy atom. The number of non-ortho nitro benzene ring substituents is 1. The van der Waals surface area contributed by atoms with E-state index in [1.807, 2.05) is 0 Å². The number of halogens is 1. The Kier molecular flexibility index (Phi) is 3.52. The van der Waals surface area contributed by atoms with Gasteiger partial charge in [0.1, 0.15) is 10.6 Å². The fraction of sp³-hybridized carbons (Fsp3) is 0.273. The molecule has 1 aliphatic heterocycles. The Morgan fingerprint density at radius 2 is 2.05 bits per heavy atom. The summed E-state index contributed by atoms with van der Waals surface area (Å²) in [6.45, 7) is 0. The summed E-state index contributed by atoms with van der Waals surface area (Å²) >= 11 is 3.11. The van der Waals surface area contributed by atoms with Gasteiger partial charge < -0.3 is 4.74 Å². The van der Waals surface area contributed by atoms with Gasteiger partial charge in [-0.15, -0.1) is 0 Å². The van der Waals surface area contributed by atoms with E-state index < -0.39 is 27.5 Å². The molecule has 1 N–H and O–H groups in total. The quantitative estimate of drug-likeness (QED) is 0.388. The Bertz CT molecular complexity index is 574. The van der Waals surface area contributed by atoms with Gasteiger partial charge in [0.05, 0.1) is 18.0 Å². The van der Waals surface area contributed by atoms with Crippen molar-refractivity contribution in [2.75, 3.05) is 7.11 Å². The number of carbonyl (C=O) groups excluding carboxylic acids is 2. The largest absolute Gasteiger partial charge is 0.496 e. The number of imide groups is 1. The number of nitro benzene ring substituents is 1. The Morgan fingerprint density at radius 3 is 2.53 bits per heavy atom. The zero-order chi connectivity index (χ0) is 14.2. The van der Waals surface area contributed by atoms with Crippen molar-refractivity contribution in [2.24, 2.45) is 0 Å². The molecular weight excluding hydrogens is 320 g/mol. The van der Waals surface area contributed by atoms with E-state index in [0.717, 1.165) is 0 Å². The molecule has 0 aliphatic carbocycles. The molecular formula is C11H9BrN2O5. The summed E-state index contributed by atoms with van der Waals surface area (Å²) in [5, 5.41) is 12.9. The zero-order valence-electron chi connectivity index (χ0n) is 9.75. The highest BCUT2D eigenvalue weighted by Gasteiger charge is 2.42. The molecule has 2 atom stereocenters. The van der Waals surface area contributed by atoms with Crippen LogP contribution in [0.15, 0.2) is 18.2 Å². The molecule has 0 radical (unpaired) electrons. The highest BCUT2D eigenvalue weighted by molar-refractivity contribution is 9.10. The minimum atomic E-state index is -0.845. The van der Waals surface area contributed by atoms with Crippen LogP contribution >= 0.6 is 15.9 Å². The van der Waals surface area contributed by atoms with Crippen LogP contribution in [-0.2, 0) is 9.59 Å². The molecule has 8 heteroatoms. The average Bonchev–Trinajstić information content (AvgIpc) is 2.62. The van der Waals surface area contributed by atoms with Crippen LogP contribution in [0.5, 0.6) is 5.75 Å². The van der Waals surface area contributed by atoms with E-state index in [1.54, 1.807) is 0 Å². The second kappa shape index (κ2) is 4.96. The van der Waals surface area contributed by atoms with Crippen LogP contribution in [0.3, 0.4) is 0 Å². The molecule has 1 saturated heterocycles. The van der Waals surface area contributed by atoms with Gasteiger partial charge in [-0.1, -0.05) is 15.9 Å². The molecule has 7 nitrogen and oxygen atoms in total. The Labute approximate surface area is 116 Å². The van der Waals surface area contributed by atoms with E-state index in [2.05, 4.69) is 21.2 Å². The van der Waals surface area contributed by atoms with Crippen LogP contribution in [-0.4, -0.2) is 28.7 Å². The monoisotopic (exact) mass is 328 g/mol. The minimum Gasteiger partial charge on any atom is -0.496 e. The van der Waals surface area contributed by atoms with E-state index >= 15 is 0 Å². The van der Waals surface area contributed by atoms with E-state index in [0.29, 0.717) is 11.3 Å². The standard InChI is InChI=1S/C11H9BrN2O5/c1-19-7-3-2-5(14(17)18)4-6(7)8-9(12)11(16)13-10(8)15/h2-4,8-9H,1H3,(H,13,15,16). The number of alkyl halides is 1. The van der Waals surface area contributed by atoms with Crippen molar-refractivity contribution in [3.63, 3.8) is 0 Å². The second-order valence-corrected chi connectivity index (χ2v) is 4.90. The molecule has 2 rings (SSSR count). The van der Waals surface area contributed by atoms with Crippen LogP contribution in [0.1, 0.15) is 11.5 Å². The highest BCUT2D eigenvalue weighted by Crippen LogP contribution is 2.37. The van der Waals surface area contributed by atoms with Gasteiger partial charge in [0.25, 0.3) is 5.69 Å². The minimum absolute atomic E-state index is 0.164. The van der Waals surface area contributed by atoms with E-state index in [4.69, 9.17) is 4.74 Å². The summed E-state index contributed by atoms with van der Waals surface area (Å²) in [6, 6.07) is 3.93. The van der Waals surface area contributed by atoms with Crippen LogP contribution in [0.4, 0.5) is 5.69 Å². The molecule has 0 spiro atoms. The van der Waals surface area contributed by atoms with Gasteiger partial charge >= 0.3 is 0 Å². The molecule has 2 amide bonds. The van der Waals surface area contributed by atoms with Gasteiger partial charge in [-0.05, 0) is 6.07 Å². The number of amides is 2. The molecule has 1 aliphatic rings. The maximum Gasteiger partial charge on any atom is 0.269 e. The smallest absolute Gasteiger partial charge is 0.269 e. The summed E-state index contributed by atoms with van der Waals surface area (Å²) in [6.07, 6.45) is 0. The lowest BCUT2D eigenvalue weighted by atomic mass is 9.96. The van der Waals surface area contributed by atoms with E-state index in [9.17, 15) is 19.7 Å². The average molecular weight is 329 g/mol. The van der Waals surface area contributed by atoms with Gasteiger partial charge in [0, 0.05) is 17.7 Å². The SMILES string of the molecule is COc1ccc([N+](=O)[O-])cc1C1C(=O)NC(=O)C1Br. The van der Waals surface area contributed by atoms with Crippen molar-refractivity contribution < 1.29 is 19.2 Å². The number of nitro groups is 1. The van der Waals surface area contributed by atoms with Gasteiger partial charge in [-0.25, -0.2) is 0 Å². The van der Waals surface area contributed by atoms with Gasteiger partial charge in [0.15, 0.2) is 0 Å². The fourth-order valence-corrected chi connectivity index (χ4v) is 2.57. The van der Waals surface area contributed by atoms with Crippen LogP contribution < -0.4 is 10.1 Å². The topological polar surface area (TPSA) is 98.5 Å². The molecule has 0 bridgehead atoms. The second-order valence-electron chi connectivity index (χ2n) is 3.92. The molecule has 2 unspecified atom stereocenters. The normalized spacial score (nSPS) is 22.2. The van der Waals surface area contributed by atoms with Crippen molar-refractivity contribution in [1.29, 1.82) is 0 Å². The Hall–Kier alpha value is -1.96. The third-order valence-corrected chi connectivity index (χ3v) is 3.78. The summed E-state index contributed by atoms with van der Waals surface area (Å²) in [5.41, 5.74) is 0.143. The number of ether oxygens (including phenoxy) is 1. The lowest BCUT2D eigenvalue weighted by molar-refractivity contribution is -0.384. The number of methoxy groups -OCH3 is 1. The summed E-state index contributed by atoms with van der Waals surface area (Å²) in [4.78, 5) is 32.6. The molecule has 0 aromatic heterocycles. The number of hydrogen-bond donors (Lipinski definition) is 1. The summed E-state index contributed by atoms with van der Waals surface area (Å²) in [7, 11) is 1.39.